The molecule has 1 aromatic rings. The maximum Gasteiger partial charge on any atom is 0.303 e. The second-order valence-corrected chi connectivity index (χ2v) is 4.65. The van der Waals surface area contributed by atoms with Crippen LogP contribution in [0.15, 0.2) is 18.2 Å². The summed E-state index contributed by atoms with van der Waals surface area (Å²) in [7, 11) is 0. The van der Waals surface area contributed by atoms with Crippen LogP contribution in [0.1, 0.15) is 37.8 Å². The SMILES string of the molecule is CCc1ccc(CC(CC)CC(=O)O)cc1[N+](=O)[O-]. The van der Waals surface area contributed by atoms with Crippen molar-refractivity contribution in [2.75, 3.05) is 0 Å². The van der Waals surface area contributed by atoms with Gasteiger partial charge < -0.3 is 5.11 Å². The molecule has 0 saturated heterocycles. The third-order valence-electron chi connectivity index (χ3n) is 3.29. The standard InChI is InChI=1S/C14H19NO4/c1-3-10(9-14(16)17)7-11-5-6-12(4-2)13(8-11)15(18)19/h5-6,8,10H,3-4,7,9H2,1-2H3,(H,16,17). The Bertz CT molecular complexity index is 471. The number of aryl methyl sites for hydroxylation is 1. The fraction of sp³-hybridized carbons (Fsp3) is 0.500. The summed E-state index contributed by atoms with van der Waals surface area (Å²) < 4.78 is 0. The molecule has 0 amide bonds. The van der Waals surface area contributed by atoms with Crippen molar-refractivity contribution in [1.29, 1.82) is 0 Å². The predicted octanol–water partition coefficient (Wildman–Crippen LogP) is 3.20. The Kier molecular flexibility index (Phi) is 5.48. The van der Waals surface area contributed by atoms with Crippen molar-refractivity contribution in [3.05, 3.63) is 39.4 Å². The van der Waals surface area contributed by atoms with E-state index in [9.17, 15) is 14.9 Å². The summed E-state index contributed by atoms with van der Waals surface area (Å²) in [5, 5.41) is 19.8. The highest BCUT2D eigenvalue weighted by molar-refractivity contribution is 5.67. The van der Waals surface area contributed by atoms with E-state index in [0.29, 0.717) is 18.4 Å². The highest BCUT2D eigenvalue weighted by Gasteiger charge is 2.16. The van der Waals surface area contributed by atoms with E-state index in [0.717, 1.165) is 12.0 Å². The molecule has 0 radical (unpaired) electrons. The Hall–Kier alpha value is -1.91. The van der Waals surface area contributed by atoms with Crippen molar-refractivity contribution in [3.8, 4) is 0 Å². The van der Waals surface area contributed by atoms with Crippen molar-refractivity contribution in [2.45, 2.75) is 39.5 Å². The molecular formula is C14H19NO4. The van der Waals surface area contributed by atoms with Gasteiger partial charge in [0, 0.05) is 18.1 Å². The van der Waals surface area contributed by atoms with Crippen molar-refractivity contribution in [3.63, 3.8) is 0 Å². The van der Waals surface area contributed by atoms with Crippen LogP contribution < -0.4 is 0 Å². The smallest absolute Gasteiger partial charge is 0.303 e. The van der Waals surface area contributed by atoms with Crippen LogP contribution in [0.2, 0.25) is 0 Å². The maximum absolute atomic E-state index is 11.0. The first-order valence-corrected chi connectivity index (χ1v) is 6.45. The number of nitrogens with zero attached hydrogens (tertiary/aromatic N) is 1. The molecule has 0 aromatic heterocycles. The number of carboxylic acids is 1. The fourth-order valence-corrected chi connectivity index (χ4v) is 2.15. The zero-order chi connectivity index (χ0) is 14.4. The number of hydrogen-bond acceptors (Lipinski definition) is 3. The molecule has 104 valence electrons. The zero-order valence-corrected chi connectivity index (χ0v) is 11.3. The molecule has 1 N–H and O–H groups in total. The number of nitro benzene ring substituents is 1. The summed E-state index contributed by atoms with van der Waals surface area (Å²) in [4.78, 5) is 21.3. The van der Waals surface area contributed by atoms with E-state index in [2.05, 4.69) is 0 Å². The van der Waals surface area contributed by atoms with Gasteiger partial charge >= 0.3 is 5.97 Å². The third-order valence-corrected chi connectivity index (χ3v) is 3.29. The first-order chi connectivity index (χ1) is 8.97. The molecule has 1 unspecified atom stereocenters. The van der Waals surface area contributed by atoms with Crippen molar-refractivity contribution in [2.24, 2.45) is 5.92 Å². The minimum absolute atomic E-state index is 0.0181. The molecule has 5 nitrogen and oxygen atoms in total. The molecule has 0 heterocycles. The lowest BCUT2D eigenvalue weighted by atomic mass is 9.93. The minimum atomic E-state index is -0.827. The molecular weight excluding hydrogens is 246 g/mol. The van der Waals surface area contributed by atoms with Crippen LogP contribution in [0.25, 0.3) is 0 Å². The monoisotopic (exact) mass is 265 g/mol. The van der Waals surface area contributed by atoms with Crippen molar-refractivity contribution >= 4 is 11.7 Å². The van der Waals surface area contributed by atoms with Gasteiger partial charge in [0.15, 0.2) is 0 Å². The Morgan fingerprint density at radius 1 is 1.42 bits per heavy atom. The van der Waals surface area contributed by atoms with Gasteiger partial charge in [0.25, 0.3) is 5.69 Å². The molecule has 1 aromatic carbocycles. The van der Waals surface area contributed by atoms with Gasteiger partial charge in [-0.25, -0.2) is 0 Å². The first-order valence-electron chi connectivity index (χ1n) is 6.45. The lowest BCUT2D eigenvalue weighted by molar-refractivity contribution is -0.385. The van der Waals surface area contributed by atoms with Crippen LogP contribution in [0.3, 0.4) is 0 Å². The van der Waals surface area contributed by atoms with Gasteiger partial charge in [-0.1, -0.05) is 32.4 Å². The van der Waals surface area contributed by atoms with Crippen LogP contribution in [-0.4, -0.2) is 16.0 Å². The second-order valence-electron chi connectivity index (χ2n) is 4.65. The van der Waals surface area contributed by atoms with Crippen LogP contribution in [-0.2, 0) is 17.6 Å². The van der Waals surface area contributed by atoms with E-state index in [-0.39, 0.29) is 22.9 Å². The van der Waals surface area contributed by atoms with E-state index >= 15 is 0 Å². The Morgan fingerprint density at radius 2 is 2.11 bits per heavy atom. The molecule has 0 aliphatic heterocycles. The second kappa shape index (κ2) is 6.87. The number of carbonyl (C=O) groups is 1. The molecule has 0 saturated carbocycles. The summed E-state index contributed by atoms with van der Waals surface area (Å²) >= 11 is 0. The number of benzene rings is 1. The molecule has 5 heteroatoms. The predicted molar refractivity (Wildman–Crippen MR) is 72.2 cm³/mol. The minimum Gasteiger partial charge on any atom is -0.481 e. The highest BCUT2D eigenvalue weighted by atomic mass is 16.6. The molecule has 1 atom stereocenters. The molecule has 0 aliphatic rings. The van der Waals surface area contributed by atoms with Gasteiger partial charge in [-0.15, -0.1) is 0 Å². The lowest BCUT2D eigenvalue weighted by Crippen LogP contribution is -2.10. The summed E-state index contributed by atoms with van der Waals surface area (Å²) in [6, 6.07) is 5.20. The number of nitro groups is 1. The Morgan fingerprint density at radius 3 is 2.58 bits per heavy atom. The maximum atomic E-state index is 11.0. The van der Waals surface area contributed by atoms with E-state index in [1.165, 1.54) is 0 Å². The molecule has 0 aliphatic carbocycles. The van der Waals surface area contributed by atoms with Crippen LogP contribution >= 0.6 is 0 Å². The largest absolute Gasteiger partial charge is 0.481 e. The quantitative estimate of drug-likeness (QED) is 0.606. The normalized spacial score (nSPS) is 12.1. The molecule has 0 fully saturated rings. The van der Waals surface area contributed by atoms with Crippen molar-refractivity contribution in [1.82, 2.24) is 0 Å². The fourth-order valence-electron chi connectivity index (χ4n) is 2.15. The number of rotatable bonds is 7. The first kappa shape index (κ1) is 15.1. The van der Waals surface area contributed by atoms with Gasteiger partial charge in [0.05, 0.1) is 4.92 Å². The topological polar surface area (TPSA) is 80.4 Å². The van der Waals surface area contributed by atoms with Crippen molar-refractivity contribution < 1.29 is 14.8 Å². The number of aliphatic carboxylic acids is 1. The van der Waals surface area contributed by atoms with Crippen LogP contribution in [0.4, 0.5) is 5.69 Å². The molecule has 1 rings (SSSR count). The summed E-state index contributed by atoms with van der Waals surface area (Å²) in [5.74, 6) is -0.809. The highest BCUT2D eigenvalue weighted by Crippen LogP contribution is 2.24. The summed E-state index contributed by atoms with van der Waals surface area (Å²) in [6.45, 7) is 3.81. The lowest BCUT2D eigenvalue weighted by Gasteiger charge is -2.12. The van der Waals surface area contributed by atoms with Gasteiger partial charge in [-0.2, -0.15) is 0 Å². The van der Waals surface area contributed by atoms with Crippen LogP contribution in [0.5, 0.6) is 0 Å². The molecule has 19 heavy (non-hydrogen) atoms. The van der Waals surface area contributed by atoms with E-state index < -0.39 is 5.97 Å². The third kappa shape index (κ3) is 4.35. The van der Waals surface area contributed by atoms with Gasteiger partial charge in [0.1, 0.15) is 0 Å². The zero-order valence-electron chi connectivity index (χ0n) is 11.3. The average molecular weight is 265 g/mol. The number of carboxylic acid groups (broad SMARTS) is 1. The van der Waals surface area contributed by atoms with Gasteiger partial charge in [-0.05, 0) is 24.3 Å². The van der Waals surface area contributed by atoms with Gasteiger partial charge in [-0.3, -0.25) is 14.9 Å². The Balaban J connectivity index is 2.92. The van der Waals surface area contributed by atoms with E-state index in [1.807, 2.05) is 19.9 Å². The average Bonchev–Trinajstić information content (AvgIpc) is 2.37. The summed E-state index contributed by atoms with van der Waals surface area (Å²) in [5.41, 5.74) is 1.67. The Labute approximate surface area is 112 Å². The van der Waals surface area contributed by atoms with Gasteiger partial charge in [0.2, 0.25) is 0 Å². The van der Waals surface area contributed by atoms with E-state index in [1.54, 1.807) is 12.1 Å². The molecule has 0 bridgehead atoms. The van der Waals surface area contributed by atoms with Crippen LogP contribution in [0, 0.1) is 16.0 Å². The summed E-state index contributed by atoms with van der Waals surface area (Å²) in [6.07, 6.45) is 2.02. The van der Waals surface area contributed by atoms with E-state index in [4.69, 9.17) is 5.11 Å². The molecule has 0 spiro atoms. The number of hydrogen-bond donors (Lipinski definition) is 1.